The highest BCUT2D eigenvalue weighted by Gasteiger charge is 2.19. The Morgan fingerprint density at radius 2 is 2.27 bits per heavy atom. The Bertz CT molecular complexity index is 852. The molecule has 1 atom stereocenters. The number of hydrogen-bond donors (Lipinski definition) is 0. The molecule has 0 radical (unpaired) electrons. The summed E-state index contributed by atoms with van der Waals surface area (Å²) >= 11 is 2.86. The molecule has 0 saturated carbocycles. The maximum Gasteiger partial charge on any atom is 0.271 e. The van der Waals surface area contributed by atoms with Crippen LogP contribution in [0.3, 0.4) is 0 Å². The predicted molar refractivity (Wildman–Crippen MR) is 87.4 cm³/mol. The number of aryl methyl sites for hydroxylation is 1. The lowest BCUT2D eigenvalue weighted by Gasteiger charge is -2.09. The molecule has 0 aliphatic rings. The van der Waals surface area contributed by atoms with Gasteiger partial charge in [-0.1, -0.05) is 23.8 Å². The van der Waals surface area contributed by atoms with Crippen LogP contribution in [-0.2, 0) is 13.5 Å². The molecule has 6 nitrogen and oxygen atoms in total. The lowest BCUT2D eigenvalue weighted by Crippen LogP contribution is -2.19. The highest BCUT2D eigenvalue weighted by molar-refractivity contribution is 7.99. The van der Waals surface area contributed by atoms with Crippen LogP contribution in [0.15, 0.2) is 25.9 Å². The van der Waals surface area contributed by atoms with Crippen LogP contribution >= 0.6 is 23.1 Å². The van der Waals surface area contributed by atoms with Crippen molar-refractivity contribution in [1.29, 1.82) is 0 Å². The average Bonchev–Trinajstić information content (AvgIpc) is 3.14. The van der Waals surface area contributed by atoms with Crippen LogP contribution < -0.4 is 5.56 Å². The van der Waals surface area contributed by atoms with Crippen molar-refractivity contribution < 1.29 is 4.52 Å². The van der Waals surface area contributed by atoms with E-state index in [1.54, 1.807) is 11.6 Å². The summed E-state index contributed by atoms with van der Waals surface area (Å²) in [4.78, 5) is 21.2. The summed E-state index contributed by atoms with van der Waals surface area (Å²) in [7, 11) is 1.74. The summed E-state index contributed by atoms with van der Waals surface area (Å²) in [5.74, 6) is 1.29. The van der Waals surface area contributed by atoms with Gasteiger partial charge in [0.1, 0.15) is 4.70 Å². The van der Waals surface area contributed by atoms with Crippen LogP contribution in [0.25, 0.3) is 10.2 Å². The fraction of sp³-hybridized carbons (Fsp3) is 0.429. The smallest absolute Gasteiger partial charge is 0.271 e. The van der Waals surface area contributed by atoms with E-state index in [9.17, 15) is 4.79 Å². The Labute approximate surface area is 135 Å². The molecule has 116 valence electrons. The Hall–Kier alpha value is -1.67. The first-order valence-electron chi connectivity index (χ1n) is 7.03. The Balaban J connectivity index is 1.88. The fourth-order valence-electron chi connectivity index (χ4n) is 2.04. The van der Waals surface area contributed by atoms with Gasteiger partial charge in [0.25, 0.3) is 5.56 Å². The van der Waals surface area contributed by atoms with Gasteiger partial charge in [0.05, 0.1) is 10.8 Å². The first-order valence-corrected chi connectivity index (χ1v) is 8.79. The summed E-state index contributed by atoms with van der Waals surface area (Å²) in [6.07, 6.45) is 1.78. The second-order valence-electron chi connectivity index (χ2n) is 4.95. The normalized spacial score (nSPS) is 12.9. The molecule has 8 heteroatoms. The Kier molecular flexibility index (Phi) is 4.30. The second-order valence-corrected chi connectivity index (χ2v) is 7.18. The highest BCUT2D eigenvalue weighted by Crippen LogP contribution is 2.33. The molecule has 0 aliphatic carbocycles. The minimum absolute atomic E-state index is 0.0214. The topological polar surface area (TPSA) is 73.8 Å². The predicted octanol–water partition coefficient (Wildman–Crippen LogP) is 3.18. The quantitative estimate of drug-likeness (QED) is 0.526. The average molecular weight is 336 g/mol. The van der Waals surface area contributed by atoms with Crippen LogP contribution in [0.2, 0.25) is 0 Å². The minimum atomic E-state index is -0.0627. The summed E-state index contributed by atoms with van der Waals surface area (Å²) in [6.45, 7) is 4.04. The van der Waals surface area contributed by atoms with Crippen molar-refractivity contribution >= 4 is 33.3 Å². The number of aromatic nitrogens is 4. The van der Waals surface area contributed by atoms with E-state index in [1.807, 2.05) is 18.4 Å². The van der Waals surface area contributed by atoms with Crippen LogP contribution in [0.1, 0.15) is 37.2 Å². The molecule has 0 aliphatic heterocycles. The number of thioether (sulfide) groups is 1. The van der Waals surface area contributed by atoms with Crippen LogP contribution in [0, 0.1) is 0 Å². The van der Waals surface area contributed by atoms with Crippen LogP contribution in [0.5, 0.6) is 0 Å². The first-order chi connectivity index (χ1) is 10.6. The summed E-state index contributed by atoms with van der Waals surface area (Å²) in [5, 5.41) is 6.43. The number of hydrogen-bond acceptors (Lipinski definition) is 7. The van der Waals surface area contributed by atoms with Crippen molar-refractivity contribution in [3.63, 3.8) is 0 Å². The van der Waals surface area contributed by atoms with Gasteiger partial charge in [0.15, 0.2) is 11.0 Å². The second kappa shape index (κ2) is 6.21. The molecule has 0 spiro atoms. The van der Waals surface area contributed by atoms with E-state index < -0.39 is 0 Å². The number of nitrogens with zero attached hydrogens (tertiary/aromatic N) is 4. The SMILES string of the molecule is CCCc1noc(C(C)Sc2nc3ccsc3c(=O)n2C)n1. The third-order valence-electron chi connectivity index (χ3n) is 3.23. The maximum atomic E-state index is 12.3. The van der Waals surface area contributed by atoms with E-state index in [2.05, 4.69) is 22.0 Å². The molecule has 3 heterocycles. The van der Waals surface area contributed by atoms with E-state index in [4.69, 9.17) is 4.52 Å². The van der Waals surface area contributed by atoms with Crippen molar-refractivity contribution in [3.05, 3.63) is 33.5 Å². The molecule has 0 fully saturated rings. The molecule has 22 heavy (non-hydrogen) atoms. The molecule has 3 rings (SSSR count). The molecule has 3 aromatic heterocycles. The maximum absolute atomic E-state index is 12.3. The molecule has 3 aromatic rings. The third kappa shape index (κ3) is 2.80. The van der Waals surface area contributed by atoms with E-state index in [0.717, 1.165) is 24.2 Å². The van der Waals surface area contributed by atoms with Gasteiger partial charge in [0.2, 0.25) is 5.89 Å². The van der Waals surface area contributed by atoms with Gasteiger partial charge in [-0.3, -0.25) is 9.36 Å². The van der Waals surface area contributed by atoms with Gasteiger partial charge in [-0.05, 0) is 24.8 Å². The fourth-order valence-corrected chi connectivity index (χ4v) is 3.75. The molecular formula is C14H16N4O2S2. The van der Waals surface area contributed by atoms with Gasteiger partial charge in [-0.25, -0.2) is 4.98 Å². The zero-order valence-corrected chi connectivity index (χ0v) is 14.2. The molecule has 0 aromatic carbocycles. The highest BCUT2D eigenvalue weighted by atomic mass is 32.2. The first kappa shape index (κ1) is 15.2. The van der Waals surface area contributed by atoms with E-state index in [-0.39, 0.29) is 10.8 Å². The van der Waals surface area contributed by atoms with Gasteiger partial charge in [-0.15, -0.1) is 11.3 Å². The molecular weight excluding hydrogens is 320 g/mol. The molecule has 0 amide bonds. The van der Waals surface area contributed by atoms with Crippen LogP contribution in [-0.4, -0.2) is 19.7 Å². The zero-order chi connectivity index (χ0) is 15.7. The molecule has 0 bridgehead atoms. The lowest BCUT2D eigenvalue weighted by atomic mass is 10.3. The van der Waals surface area contributed by atoms with E-state index in [0.29, 0.717) is 15.7 Å². The summed E-state index contributed by atoms with van der Waals surface area (Å²) in [6, 6.07) is 1.86. The van der Waals surface area contributed by atoms with E-state index in [1.165, 1.54) is 23.1 Å². The van der Waals surface area contributed by atoms with Crippen LogP contribution in [0.4, 0.5) is 0 Å². The lowest BCUT2D eigenvalue weighted by molar-refractivity contribution is 0.374. The van der Waals surface area contributed by atoms with Gasteiger partial charge >= 0.3 is 0 Å². The number of thiophene rings is 1. The Morgan fingerprint density at radius 1 is 1.45 bits per heavy atom. The standard InChI is InChI=1S/C14H16N4O2S2/c1-4-5-10-16-12(20-17-10)8(2)22-14-15-9-6-7-21-11(9)13(19)18(14)3/h6-8H,4-5H2,1-3H3. The van der Waals surface area contributed by atoms with Gasteiger partial charge < -0.3 is 4.52 Å². The summed E-state index contributed by atoms with van der Waals surface area (Å²) in [5.41, 5.74) is 0.715. The van der Waals surface area contributed by atoms with Crippen molar-refractivity contribution in [2.75, 3.05) is 0 Å². The Morgan fingerprint density at radius 3 is 3.05 bits per heavy atom. The third-order valence-corrected chi connectivity index (χ3v) is 5.26. The minimum Gasteiger partial charge on any atom is -0.338 e. The monoisotopic (exact) mass is 336 g/mol. The van der Waals surface area contributed by atoms with Gasteiger partial charge in [-0.2, -0.15) is 4.98 Å². The molecule has 0 saturated heterocycles. The number of rotatable bonds is 5. The van der Waals surface area contributed by atoms with Crippen molar-refractivity contribution in [3.8, 4) is 0 Å². The zero-order valence-electron chi connectivity index (χ0n) is 12.6. The van der Waals surface area contributed by atoms with Crippen molar-refractivity contribution in [2.45, 2.75) is 37.1 Å². The van der Waals surface area contributed by atoms with Crippen molar-refractivity contribution in [2.24, 2.45) is 7.05 Å². The molecule has 0 N–H and O–H groups in total. The molecule has 1 unspecified atom stereocenters. The largest absolute Gasteiger partial charge is 0.338 e. The van der Waals surface area contributed by atoms with Crippen molar-refractivity contribution in [1.82, 2.24) is 19.7 Å². The number of fused-ring (bicyclic) bond motifs is 1. The van der Waals surface area contributed by atoms with E-state index >= 15 is 0 Å². The summed E-state index contributed by atoms with van der Waals surface area (Å²) < 4.78 is 7.55. The van der Waals surface area contributed by atoms with Gasteiger partial charge in [0, 0.05) is 13.5 Å².